The second-order valence-electron chi connectivity index (χ2n) is 6.04. The van der Waals surface area contributed by atoms with Gasteiger partial charge in [-0.05, 0) is 25.0 Å². The fraction of sp³-hybridized carbons (Fsp3) is 0.667. The summed E-state index contributed by atoms with van der Waals surface area (Å²) >= 11 is 1.86. The molecule has 0 bridgehead atoms. The van der Waals surface area contributed by atoms with E-state index in [2.05, 4.69) is 4.98 Å². The summed E-state index contributed by atoms with van der Waals surface area (Å²) in [6, 6.07) is 5.81. The van der Waals surface area contributed by atoms with Crippen LogP contribution < -0.4 is 0 Å². The van der Waals surface area contributed by atoms with Gasteiger partial charge in [0, 0.05) is 29.8 Å². The number of ether oxygens (including phenoxy) is 1. The molecule has 0 saturated carbocycles. The van der Waals surface area contributed by atoms with Crippen LogP contribution in [-0.2, 0) is 21.4 Å². The number of thioether (sulfide) groups is 1. The van der Waals surface area contributed by atoms with Crippen molar-refractivity contribution in [1.82, 2.24) is 9.29 Å². The lowest BCUT2D eigenvalue weighted by atomic mass is 9.95. The van der Waals surface area contributed by atoms with E-state index >= 15 is 0 Å². The molecule has 0 radical (unpaired) electrons. The number of nitrogens with zero attached hydrogens (tertiary/aromatic N) is 2. The van der Waals surface area contributed by atoms with Crippen molar-refractivity contribution in [2.75, 3.05) is 24.6 Å². The van der Waals surface area contributed by atoms with E-state index in [9.17, 15) is 8.42 Å². The Morgan fingerprint density at radius 3 is 2.95 bits per heavy atom. The monoisotopic (exact) mass is 342 g/mol. The molecule has 2 aliphatic rings. The summed E-state index contributed by atoms with van der Waals surface area (Å²) in [7, 11) is -3.04. The Morgan fingerprint density at radius 1 is 1.45 bits per heavy atom. The van der Waals surface area contributed by atoms with E-state index in [1.54, 1.807) is 10.5 Å². The molecule has 5 nitrogen and oxygen atoms in total. The van der Waals surface area contributed by atoms with Gasteiger partial charge in [-0.2, -0.15) is 4.31 Å². The van der Waals surface area contributed by atoms with E-state index in [1.807, 2.05) is 36.9 Å². The summed E-state index contributed by atoms with van der Waals surface area (Å²) in [5.41, 5.74) is 0.939. The maximum absolute atomic E-state index is 12.0. The number of pyridine rings is 1. The molecule has 2 saturated heterocycles. The molecule has 1 aromatic rings. The van der Waals surface area contributed by atoms with E-state index in [-0.39, 0.29) is 16.6 Å². The lowest BCUT2D eigenvalue weighted by Gasteiger charge is -2.46. The van der Waals surface area contributed by atoms with Gasteiger partial charge in [-0.15, -0.1) is 11.8 Å². The predicted molar refractivity (Wildman–Crippen MR) is 88.3 cm³/mol. The zero-order valence-electron chi connectivity index (χ0n) is 12.8. The summed E-state index contributed by atoms with van der Waals surface area (Å²) in [5, 5.41) is 0. The minimum absolute atomic E-state index is 0.0790. The van der Waals surface area contributed by atoms with Crippen LogP contribution in [0, 0.1) is 0 Å². The lowest BCUT2D eigenvalue weighted by Crippen LogP contribution is -2.61. The Hall–Kier alpha value is -0.630. The zero-order valence-corrected chi connectivity index (χ0v) is 14.4. The van der Waals surface area contributed by atoms with Crippen molar-refractivity contribution in [3.63, 3.8) is 0 Å². The SMILES string of the molecule is CCCS(=O)(=O)N1CC2(C[C@H](OCc3ccccn3)CS2)C1. The molecule has 1 spiro atoms. The fourth-order valence-corrected chi connectivity index (χ4v) is 6.37. The molecule has 0 amide bonds. The van der Waals surface area contributed by atoms with Crippen molar-refractivity contribution in [1.29, 1.82) is 0 Å². The minimum Gasteiger partial charge on any atom is -0.371 e. The summed E-state index contributed by atoms with van der Waals surface area (Å²) in [4.78, 5) is 4.26. The first-order chi connectivity index (χ1) is 10.5. The molecule has 122 valence electrons. The van der Waals surface area contributed by atoms with Crippen LogP contribution in [0.4, 0.5) is 0 Å². The van der Waals surface area contributed by atoms with E-state index in [0.717, 1.165) is 17.9 Å². The van der Waals surface area contributed by atoms with Gasteiger partial charge in [0.25, 0.3) is 0 Å². The molecule has 1 aromatic heterocycles. The number of rotatable bonds is 6. The van der Waals surface area contributed by atoms with E-state index in [4.69, 9.17) is 4.74 Å². The highest BCUT2D eigenvalue weighted by atomic mass is 32.2. The number of sulfonamides is 1. The van der Waals surface area contributed by atoms with Crippen LogP contribution in [0.3, 0.4) is 0 Å². The molecule has 0 N–H and O–H groups in total. The molecule has 7 heteroatoms. The first-order valence-electron chi connectivity index (χ1n) is 7.66. The van der Waals surface area contributed by atoms with Crippen LogP contribution in [0.2, 0.25) is 0 Å². The standard InChI is InChI=1S/C15H22N2O3S2/c1-2-7-22(18,19)17-11-15(12-17)8-14(10-21-15)20-9-13-5-3-4-6-16-13/h3-6,14H,2,7-12H2,1H3/t14-/m0/s1. The molecular formula is C15H22N2O3S2. The molecule has 0 aliphatic carbocycles. The zero-order chi connectivity index (χ0) is 15.6. The van der Waals surface area contributed by atoms with Gasteiger partial charge in [0.15, 0.2) is 0 Å². The molecular weight excluding hydrogens is 320 g/mol. The van der Waals surface area contributed by atoms with Gasteiger partial charge in [-0.1, -0.05) is 13.0 Å². The fourth-order valence-electron chi connectivity index (χ4n) is 3.00. The molecule has 22 heavy (non-hydrogen) atoms. The van der Waals surface area contributed by atoms with Crippen molar-refractivity contribution in [2.24, 2.45) is 0 Å². The number of aromatic nitrogens is 1. The van der Waals surface area contributed by atoms with Crippen LogP contribution in [-0.4, -0.2) is 53.2 Å². The molecule has 2 fully saturated rings. The Labute approximate surface area is 136 Å². The topological polar surface area (TPSA) is 59.5 Å². The minimum atomic E-state index is -3.04. The molecule has 1 atom stereocenters. The van der Waals surface area contributed by atoms with E-state index < -0.39 is 10.0 Å². The van der Waals surface area contributed by atoms with E-state index in [0.29, 0.717) is 26.1 Å². The highest BCUT2D eigenvalue weighted by molar-refractivity contribution is 8.01. The van der Waals surface area contributed by atoms with Gasteiger partial charge in [-0.25, -0.2) is 8.42 Å². The van der Waals surface area contributed by atoms with Crippen LogP contribution in [0.25, 0.3) is 0 Å². The van der Waals surface area contributed by atoms with Gasteiger partial charge in [0.2, 0.25) is 10.0 Å². The van der Waals surface area contributed by atoms with Crippen LogP contribution >= 0.6 is 11.8 Å². The van der Waals surface area contributed by atoms with Crippen LogP contribution in [0.15, 0.2) is 24.4 Å². The van der Waals surface area contributed by atoms with E-state index in [1.165, 1.54) is 0 Å². The Bertz CT molecular complexity index is 600. The maximum atomic E-state index is 12.0. The van der Waals surface area contributed by atoms with Crippen LogP contribution in [0.5, 0.6) is 0 Å². The Kier molecular flexibility index (Phi) is 4.77. The van der Waals surface area contributed by atoms with Crippen molar-refractivity contribution >= 4 is 21.8 Å². The quantitative estimate of drug-likeness (QED) is 0.790. The largest absolute Gasteiger partial charge is 0.371 e. The molecule has 0 unspecified atom stereocenters. The van der Waals surface area contributed by atoms with Crippen molar-refractivity contribution in [3.05, 3.63) is 30.1 Å². The smallest absolute Gasteiger partial charge is 0.214 e. The number of hydrogen-bond donors (Lipinski definition) is 0. The van der Waals surface area contributed by atoms with Gasteiger partial charge in [0.1, 0.15) is 0 Å². The summed E-state index contributed by atoms with van der Waals surface area (Å²) < 4.78 is 31.7. The lowest BCUT2D eigenvalue weighted by molar-refractivity contribution is 0.0380. The third kappa shape index (κ3) is 3.48. The first-order valence-corrected chi connectivity index (χ1v) is 10.3. The van der Waals surface area contributed by atoms with Crippen molar-refractivity contribution < 1.29 is 13.2 Å². The third-order valence-corrected chi connectivity index (χ3v) is 7.70. The van der Waals surface area contributed by atoms with Crippen LogP contribution in [0.1, 0.15) is 25.5 Å². The van der Waals surface area contributed by atoms with Crippen molar-refractivity contribution in [3.8, 4) is 0 Å². The molecule has 3 rings (SSSR count). The van der Waals surface area contributed by atoms with Crippen molar-refractivity contribution in [2.45, 2.75) is 37.2 Å². The Morgan fingerprint density at radius 2 is 2.27 bits per heavy atom. The second kappa shape index (κ2) is 6.47. The highest BCUT2D eigenvalue weighted by Crippen LogP contribution is 2.47. The molecule has 3 heterocycles. The third-order valence-electron chi connectivity index (χ3n) is 4.15. The predicted octanol–water partition coefficient (Wildman–Crippen LogP) is 1.90. The average molecular weight is 342 g/mol. The Balaban J connectivity index is 1.48. The van der Waals surface area contributed by atoms with Gasteiger partial charge < -0.3 is 4.74 Å². The van der Waals surface area contributed by atoms with Gasteiger partial charge in [0.05, 0.1) is 24.2 Å². The average Bonchev–Trinajstić information content (AvgIpc) is 2.89. The maximum Gasteiger partial charge on any atom is 0.214 e. The normalized spacial score (nSPS) is 24.5. The van der Waals surface area contributed by atoms with Gasteiger partial charge in [-0.3, -0.25) is 4.98 Å². The summed E-state index contributed by atoms with van der Waals surface area (Å²) in [5.74, 6) is 1.20. The number of hydrogen-bond acceptors (Lipinski definition) is 5. The van der Waals surface area contributed by atoms with Gasteiger partial charge >= 0.3 is 0 Å². The first kappa shape index (κ1) is 16.2. The molecule has 2 aliphatic heterocycles. The second-order valence-corrected chi connectivity index (χ2v) is 9.61. The summed E-state index contributed by atoms with van der Waals surface area (Å²) in [6.07, 6.45) is 3.58. The summed E-state index contributed by atoms with van der Waals surface area (Å²) in [6.45, 7) is 3.71. The highest BCUT2D eigenvalue weighted by Gasteiger charge is 2.52. The molecule has 0 aromatic carbocycles.